The molecule has 12 nitrogen and oxygen atoms in total. The van der Waals surface area contributed by atoms with Crippen molar-refractivity contribution in [2.24, 2.45) is 16.0 Å². The predicted molar refractivity (Wildman–Crippen MR) is 155 cm³/mol. The largest absolute Gasteiger partial charge is 0.340 e. The van der Waals surface area contributed by atoms with Crippen LogP contribution in [0.2, 0.25) is 5.02 Å². The normalized spacial score (nSPS) is 11.8. The highest BCUT2D eigenvalue weighted by atomic mass is 35.5. The summed E-state index contributed by atoms with van der Waals surface area (Å²) >= 11 is 6.15. The Kier molecular flexibility index (Phi) is 9.43. The molecule has 0 bridgehead atoms. The number of nitrogens with one attached hydrogen (secondary N) is 2. The molecule has 0 spiro atoms. The number of amides is 2. The number of tetrazole rings is 1. The maximum absolute atomic E-state index is 13.3. The summed E-state index contributed by atoms with van der Waals surface area (Å²) in [7, 11) is 0. The Labute approximate surface area is 234 Å². The lowest BCUT2D eigenvalue weighted by molar-refractivity contribution is -0.123. The van der Waals surface area contributed by atoms with E-state index >= 15 is 0 Å². The van der Waals surface area contributed by atoms with E-state index < -0.39 is 11.9 Å². The number of nitrogens with zero attached hydrogens (tertiary/aromatic N) is 7. The van der Waals surface area contributed by atoms with Crippen molar-refractivity contribution >= 4 is 53.9 Å². The van der Waals surface area contributed by atoms with Gasteiger partial charge in [-0.05, 0) is 64.5 Å². The quantitative estimate of drug-likeness (QED) is 0.0842. The van der Waals surface area contributed by atoms with Crippen molar-refractivity contribution in [2.45, 2.75) is 12.5 Å². The van der Waals surface area contributed by atoms with Crippen molar-refractivity contribution in [3.8, 4) is 5.69 Å². The van der Waals surface area contributed by atoms with Gasteiger partial charge in [0.25, 0.3) is 0 Å². The van der Waals surface area contributed by atoms with Gasteiger partial charge in [0.1, 0.15) is 18.7 Å². The minimum absolute atomic E-state index is 0.277. The number of hydrogen-bond acceptors (Lipinski definition) is 8. The molecule has 4 rings (SSSR count). The van der Waals surface area contributed by atoms with E-state index in [1.165, 1.54) is 28.4 Å². The van der Waals surface area contributed by atoms with Gasteiger partial charge in [0.2, 0.25) is 11.8 Å². The van der Waals surface area contributed by atoms with Crippen LogP contribution in [0, 0.1) is 0 Å². The van der Waals surface area contributed by atoms with E-state index in [4.69, 9.17) is 17.4 Å². The fraction of sp³-hybridized carbons (Fsp3) is 0.0741. The van der Waals surface area contributed by atoms with Gasteiger partial charge in [-0.3, -0.25) is 14.6 Å². The zero-order valence-corrected chi connectivity index (χ0v) is 21.9. The highest BCUT2D eigenvalue weighted by Crippen LogP contribution is 2.23. The molecule has 1 aromatic heterocycles. The predicted octanol–water partition coefficient (Wildman–Crippen LogP) is 3.02. The molecule has 0 aliphatic carbocycles. The Morgan fingerprint density at radius 3 is 2.60 bits per heavy atom. The molecule has 0 fully saturated rings. The molecule has 4 N–H and O–H groups in total. The average molecular weight is 557 g/mol. The van der Waals surface area contributed by atoms with Gasteiger partial charge < -0.3 is 10.6 Å². The molecule has 202 valence electrons. The summed E-state index contributed by atoms with van der Waals surface area (Å²) in [5.74, 6) is 5.14. The van der Waals surface area contributed by atoms with Crippen LogP contribution in [0.1, 0.15) is 11.1 Å². The maximum atomic E-state index is 13.3. The number of hydrazine groups is 1. The van der Waals surface area contributed by atoms with E-state index in [2.05, 4.69) is 43.1 Å². The number of benzene rings is 3. The molecule has 0 aliphatic heterocycles. The molecule has 3 aromatic carbocycles. The highest BCUT2D eigenvalue weighted by molar-refractivity contribution is 6.30. The van der Waals surface area contributed by atoms with Crippen LogP contribution in [0.15, 0.2) is 95.4 Å². The second-order valence-corrected chi connectivity index (χ2v) is 8.79. The zero-order valence-electron chi connectivity index (χ0n) is 21.1. The molecular formula is C27H25ClN10O2. The summed E-state index contributed by atoms with van der Waals surface area (Å²) in [6.07, 6.45) is 5.86. The molecule has 0 saturated carbocycles. The molecule has 40 heavy (non-hydrogen) atoms. The second kappa shape index (κ2) is 13.6. The summed E-state index contributed by atoms with van der Waals surface area (Å²) in [5.41, 5.74) is 3.22. The van der Waals surface area contributed by atoms with Crippen LogP contribution >= 0.6 is 11.6 Å². The Balaban J connectivity index is 1.50. The van der Waals surface area contributed by atoms with Crippen LogP contribution in [0.25, 0.3) is 11.8 Å². The lowest BCUT2D eigenvalue weighted by atomic mass is 10.0. The van der Waals surface area contributed by atoms with Crippen molar-refractivity contribution in [1.29, 1.82) is 0 Å². The van der Waals surface area contributed by atoms with Gasteiger partial charge in [-0.1, -0.05) is 41.9 Å². The Morgan fingerprint density at radius 1 is 1.12 bits per heavy atom. The molecule has 2 amide bonds. The first-order valence-corrected chi connectivity index (χ1v) is 12.3. The standard InChI is InChI=1S/C27H25ClN10O2/c1-30-31-17-37(29)25-13-8-21(28)16-20(25)7-14-26(39)34-24(15-19-5-3-2-4-6-19)27(40)33-22-9-11-23(12-10-22)38-18-32-35-36-38/h2-14,16-18,24H,1,15,29H2,(H,33,40)(H,34,39)/b14-7+,31-17-/t24-/m0/s1. The van der Waals surface area contributed by atoms with Crippen LogP contribution in [0.3, 0.4) is 0 Å². The Bertz CT molecular complexity index is 1510. The molecule has 1 atom stereocenters. The van der Waals surface area contributed by atoms with Crippen molar-refractivity contribution in [3.63, 3.8) is 0 Å². The number of halogens is 1. The molecule has 1 heterocycles. The van der Waals surface area contributed by atoms with Gasteiger partial charge in [-0.15, -0.1) is 10.2 Å². The van der Waals surface area contributed by atoms with Gasteiger partial charge >= 0.3 is 0 Å². The van der Waals surface area contributed by atoms with Gasteiger partial charge in [0.15, 0.2) is 0 Å². The van der Waals surface area contributed by atoms with Crippen LogP contribution in [0.5, 0.6) is 0 Å². The van der Waals surface area contributed by atoms with Crippen LogP contribution in [0.4, 0.5) is 11.4 Å². The number of hydrogen-bond donors (Lipinski definition) is 3. The maximum Gasteiger partial charge on any atom is 0.247 e. The molecule has 0 aliphatic rings. The summed E-state index contributed by atoms with van der Waals surface area (Å²) in [6, 6.07) is 20.5. The molecule has 4 aromatic rings. The van der Waals surface area contributed by atoms with Gasteiger partial charge in [0, 0.05) is 35.5 Å². The smallest absolute Gasteiger partial charge is 0.247 e. The number of aromatic nitrogens is 4. The summed E-state index contributed by atoms with van der Waals surface area (Å²) in [5, 5.41) is 25.4. The van der Waals surface area contributed by atoms with E-state index in [-0.39, 0.29) is 12.3 Å². The van der Waals surface area contributed by atoms with Gasteiger partial charge in [-0.25, -0.2) is 10.5 Å². The molecular weight excluding hydrogens is 532 g/mol. The first-order valence-electron chi connectivity index (χ1n) is 11.9. The first-order chi connectivity index (χ1) is 19.4. The average Bonchev–Trinajstić information content (AvgIpc) is 3.51. The van der Waals surface area contributed by atoms with Crippen LogP contribution in [-0.4, -0.2) is 51.1 Å². The van der Waals surface area contributed by atoms with E-state index in [0.717, 1.165) is 11.3 Å². The number of rotatable bonds is 11. The van der Waals surface area contributed by atoms with Crippen LogP contribution in [-0.2, 0) is 16.0 Å². The number of nitrogens with two attached hydrogens (primary N) is 1. The fourth-order valence-corrected chi connectivity index (χ4v) is 3.88. The minimum atomic E-state index is -0.866. The van der Waals surface area contributed by atoms with Crippen molar-refractivity contribution in [2.75, 3.05) is 10.3 Å². The second-order valence-electron chi connectivity index (χ2n) is 8.36. The Morgan fingerprint density at radius 2 is 1.90 bits per heavy atom. The number of carbonyl (C=O) groups is 2. The SMILES string of the molecule is C=N/N=C\N(N)c1ccc(Cl)cc1/C=C/C(=O)N[C@@H](Cc1ccccc1)C(=O)Nc1ccc(-n2cnnn2)cc1. The van der Waals surface area contributed by atoms with E-state index in [0.29, 0.717) is 22.0 Å². The van der Waals surface area contributed by atoms with E-state index in [9.17, 15) is 9.59 Å². The molecule has 0 radical (unpaired) electrons. The number of carbonyl (C=O) groups excluding carboxylic acids is 2. The lowest BCUT2D eigenvalue weighted by Crippen LogP contribution is -2.44. The topological polar surface area (TPSA) is 156 Å². The molecule has 0 unspecified atom stereocenters. The molecule has 0 saturated heterocycles. The third kappa shape index (κ3) is 7.66. The van der Waals surface area contributed by atoms with Gasteiger partial charge in [-0.2, -0.15) is 5.10 Å². The van der Waals surface area contributed by atoms with Crippen molar-refractivity contribution in [3.05, 3.63) is 101 Å². The van der Waals surface area contributed by atoms with Crippen molar-refractivity contribution < 1.29 is 9.59 Å². The van der Waals surface area contributed by atoms with Gasteiger partial charge in [0.05, 0.1) is 11.4 Å². The third-order valence-electron chi connectivity index (χ3n) is 5.60. The Hall–Kier alpha value is -5.20. The van der Waals surface area contributed by atoms with Crippen molar-refractivity contribution in [1.82, 2.24) is 25.5 Å². The minimum Gasteiger partial charge on any atom is -0.340 e. The number of anilines is 2. The zero-order chi connectivity index (χ0) is 28.3. The summed E-state index contributed by atoms with van der Waals surface area (Å²) in [4.78, 5) is 26.2. The summed E-state index contributed by atoms with van der Waals surface area (Å²) < 4.78 is 1.49. The van der Waals surface area contributed by atoms with E-state index in [1.807, 2.05) is 30.3 Å². The lowest BCUT2D eigenvalue weighted by Gasteiger charge is -2.18. The first kappa shape index (κ1) is 27.8. The highest BCUT2D eigenvalue weighted by Gasteiger charge is 2.21. The van der Waals surface area contributed by atoms with Crippen LogP contribution < -0.4 is 21.5 Å². The fourth-order valence-electron chi connectivity index (χ4n) is 3.70. The van der Waals surface area contributed by atoms with E-state index in [1.54, 1.807) is 48.5 Å². The third-order valence-corrected chi connectivity index (χ3v) is 5.84. The monoisotopic (exact) mass is 556 g/mol. The summed E-state index contributed by atoms with van der Waals surface area (Å²) in [6.45, 7) is 3.28. The molecule has 13 heteroatoms.